The molecule has 1 aromatic carbocycles. The highest BCUT2D eigenvalue weighted by molar-refractivity contribution is 5.77. The zero-order chi connectivity index (χ0) is 17.6. The number of hydrogen-bond donors (Lipinski definition) is 1. The molecule has 5 nitrogen and oxygen atoms in total. The molecule has 1 N–H and O–H groups in total. The minimum atomic E-state index is -0.134. The number of hydrogen-bond acceptors (Lipinski definition) is 3. The molecule has 0 bridgehead atoms. The Morgan fingerprint density at radius 3 is 2.84 bits per heavy atom. The molecule has 1 amide bonds. The number of imidazole rings is 1. The highest BCUT2D eigenvalue weighted by atomic mass is 16.5. The summed E-state index contributed by atoms with van der Waals surface area (Å²) in [4.78, 5) is 16.9. The van der Waals surface area contributed by atoms with E-state index in [0.29, 0.717) is 13.0 Å². The Labute approximate surface area is 147 Å². The summed E-state index contributed by atoms with van der Waals surface area (Å²) in [6.07, 6.45) is 5.09. The van der Waals surface area contributed by atoms with Crippen molar-refractivity contribution in [2.75, 3.05) is 13.7 Å². The van der Waals surface area contributed by atoms with Crippen molar-refractivity contribution in [2.24, 2.45) is 0 Å². The fraction of sp³-hybridized carbons (Fsp3) is 0.300. The number of amides is 1. The molecule has 2 aromatic heterocycles. The number of rotatable bonds is 7. The first-order valence-corrected chi connectivity index (χ1v) is 8.56. The van der Waals surface area contributed by atoms with Gasteiger partial charge in [0, 0.05) is 36.8 Å². The zero-order valence-corrected chi connectivity index (χ0v) is 14.6. The van der Waals surface area contributed by atoms with Crippen LogP contribution < -0.4 is 10.1 Å². The van der Waals surface area contributed by atoms with Gasteiger partial charge in [-0.1, -0.05) is 31.2 Å². The summed E-state index contributed by atoms with van der Waals surface area (Å²) in [5, 5.41) is 2.97. The Morgan fingerprint density at radius 2 is 2.04 bits per heavy atom. The lowest BCUT2D eigenvalue weighted by atomic mass is 9.91. The van der Waals surface area contributed by atoms with E-state index >= 15 is 0 Å². The summed E-state index contributed by atoms with van der Waals surface area (Å²) in [6.45, 7) is 2.73. The topological polar surface area (TPSA) is 55.6 Å². The molecule has 1 atom stereocenters. The second kappa shape index (κ2) is 7.83. The van der Waals surface area contributed by atoms with E-state index in [1.807, 2.05) is 66.2 Å². The van der Waals surface area contributed by atoms with Gasteiger partial charge in [-0.25, -0.2) is 4.98 Å². The Balaban J connectivity index is 2.04. The van der Waals surface area contributed by atoms with Crippen molar-refractivity contribution >= 4 is 11.6 Å². The van der Waals surface area contributed by atoms with Crippen LogP contribution in [0.4, 0.5) is 0 Å². The van der Waals surface area contributed by atoms with Crippen LogP contribution in [0.3, 0.4) is 0 Å². The summed E-state index contributed by atoms with van der Waals surface area (Å²) in [6, 6.07) is 13.7. The molecule has 0 aliphatic rings. The van der Waals surface area contributed by atoms with Crippen LogP contribution in [0.25, 0.3) is 5.65 Å². The highest BCUT2D eigenvalue weighted by Crippen LogP contribution is 2.34. The van der Waals surface area contributed by atoms with Gasteiger partial charge in [-0.2, -0.15) is 0 Å². The van der Waals surface area contributed by atoms with Crippen molar-refractivity contribution in [3.8, 4) is 5.75 Å². The number of carbonyl (C=O) groups is 1. The molecule has 0 saturated heterocycles. The van der Waals surface area contributed by atoms with Gasteiger partial charge in [-0.05, 0) is 24.6 Å². The largest absolute Gasteiger partial charge is 0.496 e. The average Bonchev–Trinajstić information content (AvgIpc) is 3.08. The maximum absolute atomic E-state index is 12.4. The molecule has 5 heteroatoms. The molecule has 0 aliphatic carbocycles. The van der Waals surface area contributed by atoms with Crippen LogP contribution in [0, 0.1) is 0 Å². The third-order valence-electron chi connectivity index (χ3n) is 4.28. The van der Waals surface area contributed by atoms with Crippen molar-refractivity contribution in [2.45, 2.75) is 25.7 Å². The Kier molecular flexibility index (Phi) is 5.33. The van der Waals surface area contributed by atoms with Crippen molar-refractivity contribution in [3.05, 3.63) is 66.1 Å². The molecule has 3 aromatic rings. The Hall–Kier alpha value is -2.82. The van der Waals surface area contributed by atoms with Crippen LogP contribution in [-0.2, 0) is 4.79 Å². The van der Waals surface area contributed by atoms with Gasteiger partial charge >= 0.3 is 0 Å². The third kappa shape index (κ3) is 3.65. The quantitative estimate of drug-likeness (QED) is 0.719. The lowest BCUT2D eigenvalue weighted by molar-refractivity contribution is -0.121. The van der Waals surface area contributed by atoms with E-state index in [2.05, 4.69) is 10.3 Å². The number of nitrogens with zero attached hydrogens (tertiary/aromatic N) is 2. The van der Waals surface area contributed by atoms with Crippen LogP contribution in [-0.4, -0.2) is 28.9 Å². The first-order chi connectivity index (χ1) is 12.2. The van der Waals surface area contributed by atoms with E-state index in [1.165, 1.54) is 0 Å². The number of carbonyl (C=O) groups excluding carboxylic acids is 1. The normalized spacial score (nSPS) is 12.1. The summed E-state index contributed by atoms with van der Waals surface area (Å²) in [5.41, 5.74) is 2.83. The second-order valence-electron chi connectivity index (χ2n) is 5.96. The van der Waals surface area contributed by atoms with Gasteiger partial charge in [0.15, 0.2) is 0 Å². The maximum Gasteiger partial charge on any atom is 0.221 e. The number of pyridine rings is 1. The molecule has 0 aliphatic heterocycles. The van der Waals surface area contributed by atoms with Crippen molar-refractivity contribution < 1.29 is 9.53 Å². The monoisotopic (exact) mass is 337 g/mol. The average molecular weight is 337 g/mol. The van der Waals surface area contributed by atoms with Crippen LogP contribution in [0.5, 0.6) is 5.75 Å². The van der Waals surface area contributed by atoms with Crippen molar-refractivity contribution in [3.63, 3.8) is 0 Å². The molecule has 25 heavy (non-hydrogen) atoms. The molecular formula is C20H23N3O2. The summed E-state index contributed by atoms with van der Waals surface area (Å²) in [5.74, 6) is 0.677. The van der Waals surface area contributed by atoms with E-state index in [-0.39, 0.29) is 11.8 Å². The van der Waals surface area contributed by atoms with Gasteiger partial charge < -0.3 is 14.5 Å². The zero-order valence-electron chi connectivity index (χ0n) is 14.6. The molecule has 3 rings (SSSR count). The molecule has 0 spiro atoms. The predicted octanol–water partition coefficient (Wildman–Crippen LogP) is 3.39. The van der Waals surface area contributed by atoms with E-state index in [4.69, 9.17) is 4.74 Å². The fourth-order valence-electron chi connectivity index (χ4n) is 3.06. The van der Waals surface area contributed by atoms with Gasteiger partial charge in [-0.15, -0.1) is 0 Å². The SMILES string of the molecule is CCCNC(=O)CC(c1ccccc1OC)c1cnc2ccccn12. The summed E-state index contributed by atoms with van der Waals surface area (Å²) in [7, 11) is 1.65. The highest BCUT2D eigenvalue weighted by Gasteiger charge is 2.24. The predicted molar refractivity (Wildman–Crippen MR) is 97.9 cm³/mol. The minimum Gasteiger partial charge on any atom is -0.496 e. The second-order valence-corrected chi connectivity index (χ2v) is 5.96. The number of ether oxygens (including phenoxy) is 1. The summed E-state index contributed by atoms with van der Waals surface area (Å²) < 4.78 is 7.57. The van der Waals surface area contributed by atoms with Gasteiger partial charge in [-0.3, -0.25) is 4.79 Å². The number of nitrogens with one attached hydrogen (secondary N) is 1. The number of benzene rings is 1. The van der Waals surface area contributed by atoms with Crippen LogP contribution >= 0.6 is 0 Å². The number of aromatic nitrogens is 2. The molecular weight excluding hydrogens is 314 g/mol. The van der Waals surface area contributed by atoms with Gasteiger partial charge in [0.1, 0.15) is 11.4 Å². The number of para-hydroxylation sites is 1. The Morgan fingerprint density at radius 1 is 1.24 bits per heavy atom. The first-order valence-electron chi connectivity index (χ1n) is 8.56. The van der Waals surface area contributed by atoms with E-state index in [9.17, 15) is 4.79 Å². The minimum absolute atomic E-state index is 0.0311. The number of methoxy groups -OCH3 is 1. The third-order valence-corrected chi connectivity index (χ3v) is 4.28. The van der Waals surface area contributed by atoms with E-state index in [1.54, 1.807) is 7.11 Å². The van der Waals surface area contributed by atoms with Crippen molar-refractivity contribution in [1.29, 1.82) is 0 Å². The smallest absolute Gasteiger partial charge is 0.221 e. The van der Waals surface area contributed by atoms with E-state index < -0.39 is 0 Å². The fourth-order valence-corrected chi connectivity index (χ4v) is 3.06. The molecule has 0 saturated carbocycles. The first kappa shape index (κ1) is 17.0. The lowest BCUT2D eigenvalue weighted by Gasteiger charge is -2.19. The van der Waals surface area contributed by atoms with E-state index in [0.717, 1.165) is 29.1 Å². The lowest BCUT2D eigenvalue weighted by Crippen LogP contribution is -2.26. The van der Waals surface area contributed by atoms with Crippen LogP contribution in [0.15, 0.2) is 54.9 Å². The molecule has 130 valence electrons. The van der Waals surface area contributed by atoms with Gasteiger partial charge in [0.25, 0.3) is 0 Å². The molecule has 2 heterocycles. The summed E-state index contributed by atoms with van der Waals surface area (Å²) >= 11 is 0. The molecule has 0 radical (unpaired) electrons. The van der Waals surface area contributed by atoms with Gasteiger partial charge in [0.05, 0.1) is 12.8 Å². The van der Waals surface area contributed by atoms with Crippen LogP contribution in [0.2, 0.25) is 0 Å². The van der Waals surface area contributed by atoms with Crippen molar-refractivity contribution in [1.82, 2.24) is 14.7 Å². The van der Waals surface area contributed by atoms with Crippen LogP contribution in [0.1, 0.15) is 36.9 Å². The maximum atomic E-state index is 12.4. The standard InChI is InChI=1S/C20H23N3O2/c1-3-11-21-20(24)13-16(15-8-4-5-9-18(15)25-2)17-14-22-19-10-6-7-12-23(17)19/h4-10,12,14,16H,3,11,13H2,1-2H3,(H,21,24). The molecule has 1 unspecified atom stereocenters. The Bertz CT molecular complexity index is 857. The number of fused-ring (bicyclic) bond motifs is 1. The van der Waals surface area contributed by atoms with Gasteiger partial charge in [0.2, 0.25) is 5.91 Å². The molecule has 0 fully saturated rings.